The molecule has 614 valence electrons. The van der Waals surface area contributed by atoms with E-state index in [1.165, 1.54) is 5.56 Å². The molecule has 12 aromatic rings. The van der Waals surface area contributed by atoms with E-state index in [4.69, 9.17) is 0 Å². The zero-order valence-corrected chi connectivity index (χ0v) is 73.2. The van der Waals surface area contributed by atoms with Gasteiger partial charge < -0.3 is 82.1 Å². The monoisotopic (exact) mass is 1600 g/mol. The number of aliphatic hydroxyl groups is 5. The fourth-order valence-electron chi connectivity index (χ4n) is 16.1. The van der Waals surface area contributed by atoms with Crippen LogP contribution in [0.1, 0.15) is 224 Å². The van der Waals surface area contributed by atoms with Crippen molar-refractivity contribution in [1.82, 2.24) is 0 Å². The Labute approximate surface area is 715 Å². The van der Waals surface area contributed by atoms with E-state index in [9.17, 15) is 76.6 Å². The van der Waals surface area contributed by atoms with Crippen LogP contribution in [0.15, 0.2) is 200 Å². The van der Waals surface area contributed by atoms with Gasteiger partial charge in [-0.05, 0) is 271 Å². The van der Waals surface area contributed by atoms with Crippen LogP contribution < -0.4 is 29.6 Å². The van der Waals surface area contributed by atoms with Gasteiger partial charge >= 0.3 is 29.6 Å². The van der Waals surface area contributed by atoms with Gasteiger partial charge in [-0.3, -0.25) is 0 Å². The topological polar surface area (TPSA) is 333 Å². The number of aromatic hydroxyl groups is 10. The van der Waals surface area contributed by atoms with Gasteiger partial charge in [-0.2, -0.15) is 0 Å². The zero-order valence-electron chi connectivity index (χ0n) is 71.2. The van der Waals surface area contributed by atoms with Gasteiger partial charge in [-0.15, -0.1) is 0 Å². The van der Waals surface area contributed by atoms with Crippen LogP contribution in [0, 0.1) is 62.3 Å². The average molecular weight is 1610 g/mol. The Hall–Kier alpha value is -10.6. The van der Waals surface area contributed by atoms with Gasteiger partial charge in [0, 0.05) is 60.3 Å². The molecule has 0 aliphatic carbocycles. The summed E-state index contributed by atoms with van der Waals surface area (Å²) in [6, 6.07) is 64.4. The van der Waals surface area contributed by atoms with Crippen molar-refractivity contribution in [3.63, 3.8) is 0 Å². The molecule has 0 aliphatic heterocycles. The number of aryl methyl sites for hydroxylation is 9. The van der Waals surface area contributed by atoms with Gasteiger partial charge in [0.05, 0.1) is 33.0 Å². The Bertz CT molecular complexity index is 5450. The maximum Gasteiger partial charge on any atom is 1.00 e. The summed E-state index contributed by atoms with van der Waals surface area (Å²) in [6.45, 7) is 34.0. The second-order valence-corrected chi connectivity index (χ2v) is 33.4. The van der Waals surface area contributed by atoms with E-state index in [0.717, 1.165) is 94.6 Å². The van der Waals surface area contributed by atoms with Crippen LogP contribution in [-0.4, -0.2) is 82.1 Å². The third-order valence-corrected chi connectivity index (χ3v) is 24.8. The zero-order chi connectivity index (χ0) is 85.4. The first kappa shape index (κ1) is 92.9. The SMILES string of the molecule is Cc1cc(C(C)(C)c2ccc(C(C)(c3cc(C)c(O)c(CO)c3)c3cc(C)c(O)c(CO)c3)cc2)cc(CO)c1O.Cc1cc(C(C)(C)c2ccc(C(C)(c3cc(C)c(O)c(CO)c3)c3cc(C)c(O)c(CO)c3)cc2)cc(O)c1O.Cc1cc(C(C)(C)c2ccc(C(C)(c3ccc(O)c(C)c3)c3ccc(O)c(C)c3)cc2)ccc1O.[Na+].[OH-]. The molecule has 16 N–H and O–H groups in total. The molecule has 0 radical (unpaired) electrons. The molecule has 0 atom stereocenters. The third-order valence-electron chi connectivity index (χ3n) is 24.8. The summed E-state index contributed by atoms with van der Waals surface area (Å²) in [5.41, 5.74) is 20.0. The van der Waals surface area contributed by atoms with Crippen LogP contribution in [0.5, 0.6) is 57.5 Å². The van der Waals surface area contributed by atoms with E-state index < -0.39 is 27.1 Å². The molecule has 12 rings (SSSR count). The van der Waals surface area contributed by atoms with Gasteiger partial charge in [-0.1, -0.05) is 187 Å². The van der Waals surface area contributed by atoms with Gasteiger partial charge in [0.2, 0.25) is 0 Å². The van der Waals surface area contributed by atoms with E-state index in [1.807, 2.05) is 131 Å². The second kappa shape index (κ2) is 36.3. The minimum Gasteiger partial charge on any atom is -0.870 e. The number of aliphatic hydroxyl groups excluding tert-OH is 5. The smallest absolute Gasteiger partial charge is 0.870 e. The molecule has 0 heterocycles. The Kier molecular flexibility index (Phi) is 28.6. The number of hydrogen-bond acceptors (Lipinski definition) is 16. The molecule has 0 unspecified atom stereocenters. The summed E-state index contributed by atoms with van der Waals surface area (Å²) in [7, 11) is 0. The van der Waals surface area contributed by atoms with E-state index in [-0.39, 0.29) is 125 Å². The standard InChI is InChI=1S/C35H40O6.C34H38O6.C32H34O3.Na.H2O/c1-20-11-28(14-23(17-36)31(20)39)34(4,5)26-7-9-27(10-8-26)35(6,29-12-21(2)32(40)24(15-29)18-37)30-13-22(3)33(41)25(16-30)19-38;1-19-12-27(14-22(17-35)30(19)38)34(6,28-13-20(2)31(39)23(15-28)18-36)25-9-7-24(8-10-25)33(4,5)26-11-21(3)32(40)29(37)16-26;1-20-17-25(11-14-28(20)33)31(4,5)23-7-9-24(10-8-23)32(6,26-12-15-29(34)21(2)18-26)27-13-16-30(35)22(3)19-27;;/h7-16,36-41H,17-19H2,1-6H3;7-16,35-40H,17-18H2,1-6H3;7-19,33-35H,1-6H3;;1H2/q;;;+1;/p-1. The predicted molar refractivity (Wildman–Crippen MR) is 461 cm³/mol. The van der Waals surface area contributed by atoms with Gasteiger partial charge in [0.25, 0.3) is 0 Å². The maximum atomic E-state index is 10.5. The normalized spacial score (nSPS) is 11.9. The van der Waals surface area contributed by atoms with Gasteiger partial charge in [-0.25, -0.2) is 0 Å². The number of phenols is 10. The molecule has 0 bridgehead atoms. The first-order chi connectivity index (χ1) is 54.5. The fourth-order valence-corrected chi connectivity index (χ4v) is 16.1. The average Bonchev–Trinajstić information content (AvgIpc) is 0.744. The third kappa shape index (κ3) is 17.8. The molecular weight excluding hydrogens is 1490 g/mol. The van der Waals surface area contributed by atoms with Crippen molar-refractivity contribution in [1.29, 1.82) is 0 Å². The minimum absolute atomic E-state index is 0. The van der Waals surface area contributed by atoms with Crippen LogP contribution in [0.4, 0.5) is 0 Å². The van der Waals surface area contributed by atoms with Crippen molar-refractivity contribution in [3.8, 4) is 57.5 Å². The molecule has 0 aliphatic rings. The van der Waals surface area contributed by atoms with Crippen molar-refractivity contribution in [2.24, 2.45) is 0 Å². The molecule has 0 saturated heterocycles. The summed E-state index contributed by atoms with van der Waals surface area (Å²) in [5.74, 6) is 0.909. The molecule has 0 aromatic heterocycles. The predicted octanol–water partition coefficient (Wildman–Crippen LogP) is 16.2. The van der Waals surface area contributed by atoms with E-state index >= 15 is 0 Å². The Balaban J connectivity index is 0.000000220. The van der Waals surface area contributed by atoms with Crippen molar-refractivity contribution in [2.45, 2.75) is 190 Å². The number of phenolic OH excluding ortho intramolecular Hbond substituents is 5. The number of hydrogen-bond donors (Lipinski definition) is 15. The first-order valence-corrected chi connectivity index (χ1v) is 38.9. The molecule has 0 fully saturated rings. The van der Waals surface area contributed by atoms with Crippen LogP contribution in [-0.2, 0) is 65.5 Å². The van der Waals surface area contributed by atoms with Crippen LogP contribution >= 0.6 is 0 Å². The van der Waals surface area contributed by atoms with Crippen LogP contribution in [0.2, 0.25) is 0 Å². The summed E-state index contributed by atoms with van der Waals surface area (Å²) < 4.78 is 0. The van der Waals surface area contributed by atoms with Crippen LogP contribution in [0.3, 0.4) is 0 Å². The van der Waals surface area contributed by atoms with Crippen molar-refractivity contribution < 1.29 is 112 Å². The van der Waals surface area contributed by atoms with Crippen LogP contribution in [0.25, 0.3) is 0 Å². The first-order valence-electron chi connectivity index (χ1n) is 38.9. The van der Waals surface area contributed by atoms with Gasteiger partial charge in [0.1, 0.15) is 46.0 Å². The van der Waals surface area contributed by atoms with Gasteiger partial charge in [0.15, 0.2) is 11.5 Å². The Morgan fingerprint density at radius 2 is 0.364 bits per heavy atom. The molecule has 12 aromatic carbocycles. The summed E-state index contributed by atoms with van der Waals surface area (Å²) in [6.07, 6.45) is 0. The quantitative estimate of drug-likeness (QED) is 0.0191. The molecule has 118 heavy (non-hydrogen) atoms. The van der Waals surface area contributed by atoms with Crippen molar-refractivity contribution in [2.75, 3.05) is 0 Å². The molecule has 0 spiro atoms. The van der Waals surface area contributed by atoms with Crippen molar-refractivity contribution in [3.05, 3.63) is 362 Å². The fraction of sp³-hybridized carbons (Fsp3) is 0.287. The second-order valence-electron chi connectivity index (χ2n) is 33.4. The summed E-state index contributed by atoms with van der Waals surface area (Å²) in [4.78, 5) is 0. The minimum atomic E-state index is -0.777. The summed E-state index contributed by atoms with van der Waals surface area (Å²) in [5, 5.41) is 153. The summed E-state index contributed by atoms with van der Waals surface area (Å²) >= 11 is 0. The molecule has 16 nitrogen and oxygen atoms in total. The Morgan fingerprint density at radius 3 is 0.610 bits per heavy atom. The van der Waals surface area contributed by atoms with E-state index in [2.05, 4.69) is 111 Å². The molecule has 0 saturated carbocycles. The molecular formula is C101H113NaO16. The van der Waals surface area contributed by atoms with E-state index in [1.54, 1.807) is 83.1 Å². The largest absolute Gasteiger partial charge is 1.00 e. The van der Waals surface area contributed by atoms with E-state index in [0.29, 0.717) is 66.9 Å². The molecule has 17 heteroatoms. The Morgan fingerprint density at radius 1 is 0.186 bits per heavy atom. The maximum absolute atomic E-state index is 10.5. The number of benzene rings is 12. The van der Waals surface area contributed by atoms with Crippen molar-refractivity contribution >= 4 is 0 Å². The number of rotatable bonds is 20. The molecule has 0 amide bonds.